The average Bonchev–Trinajstić information content (AvgIpc) is 2.62. The fourth-order valence-electron chi connectivity index (χ4n) is 2.09. The van der Waals surface area contributed by atoms with Crippen LogP contribution < -0.4 is 20.3 Å². The topological polar surface area (TPSA) is 68.8 Å². The first-order valence-corrected chi connectivity index (χ1v) is 7.59. The van der Waals surface area contributed by atoms with E-state index in [1.54, 1.807) is 20.1 Å². The van der Waals surface area contributed by atoms with Gasteiger partial charge in [0.25, 0.3) is 0 Å². The molecule has 0 aliphatic carbocycles. The van der Waals surface area contributed by atoms with Crippen LogP contribution in [0.25, 0.3) is 0 Å². The summed E-state index contributed by atoms with van der Waals surface area (Å²) in [5, 5.41) is 0. The summed E-state index contributed by atoms with van der Waals surface area (Å²) in [4.78, 5) is 11.5. The summed E-state index contributed by atoms with van der Waals surface area (Å²) >= 11 is 0. The standard InChI is InChI=1S/C18H22N2O4/c1-13(18(21)23-3)24-16-10-9-14(11-17(16)22-2)12-19-20-15-7-5-4-6-8-15/h4-11,13,19-20H,12H2,1-3H3. The van der Waals surface area contributed by atoms with E-state index in [9.17, 15) is 4.79 Å². The highest BCUT2D eigenvalue weighted by Gasteiger charge is 2.17. The van der Waals surface area contributed by atoms with Gasteiger partial charge in [-0.2, -0.15) is 0 Å². The van der Waals surface area contributed by atoms with E-state index >= 15 is 0 Å². The second-order valence-corrected chi connectivity index (χ2v) is 5.11. The summed E-state index contributed by atoms with van der Waals surface area (Å²) in [6.45, 7) is 2.22. The minimum atomic E-state index is -0.701. The molecule has 2 rings (SSSR count). The Kier molecular flexibility index (Phi) is 6.45. The molecule has 0 fully saturated rings. The predicted octanol–water partition coefficient (Wildman–Crippen LogP) is 2.75. The molecule has 0 saturated carbocycles. The molecule has 128 valence electrons. The van der Waals surface area contributed by atoms with Crippen LogP contribution in [0.5, 0.6) is 11.5 Å². The quantitative estimate of drug-likeness (QED) is 0.573. The maximum absolute atomic E-state index is 11.5. The Bertz CT molecular complexity index is 661. The minimum Gasteiger partial charge on any atom is -0.493 e. The molecule has 0 saturated heterocycles. The summed E-state index contributed by atoms with van der Waals surface area (Å²) in [7, 11) is 2.89. The predicted molar refractivity (Wildman–Crippen MR) is 92.0 cm³/mol. The molecule has 0 aliphatic heterocycles. The van der Waals surface area contributed by atoms with Gasteiger partial charge in [0.15, 0.2) is 17.6 Å². The lowest BCUT2D eigenvalue weighted by Gasteiger charge is -2.16. The molecule has 6 nitrogen and oxygen atoms in total. The molecule has 0 bridgehead atoms. The van der Waals surface area contributed by atoms with Crippen molar-refractivity contribution in [3.05, 3.63) is 54.1 Å². The Labute approximate surface area is 141 Å². The second-order valence-electron chi connectivity index (χ2n) is 5.11. The Morgan fingerprint density at radius 2 is 1.83 bits per heavy atom. The van der Waals surface area contributed by atoms with Crippen molar-refractivity contribution in [2.24, 2.45) is 0 Å². The number of hydrogen-bond donors (Lipinski definition) is 2. The van der Waals surface area contributed by atoms with Gasteiger partial charge >= 0.3 is 5.97 Å². The van der Waals surface area contributed by atoms with E-state index in [2.05, 4.69) is 15.6 Å². The fraction of sp³-hybridized carbons (Fsp3) is 0.278. The van der Waals surface area contributed by atoms with Crippen LogP contribution in [0, 0.1) is 0 Å². The van der Waals surface area contributed by atoms with Crippen LogP contribution >= 0.6 is 0 Å². The van der Waals surface area contributed by atoms with Crippen LogP contribution in [-0.2, 0) is 16.1 Å². The number of nitrogens with one attached hydrogen (secondary N) is 2. The van der Waals surface area contributed by atoms with E-state index in [0.29, 0.717) is 18.0 Å². The van der Waals surface area contributed by atoms with E-state index in [-0.39, 0.29) is 0 Å². The monoisotopic (exact) mass is 330 g/mol. The third-order valence-electron chi connectivity index (χ3n) is 3.36. The lowest BCUT2D eigenvalue weighted by molar-refractivity contribution is -0.147. The molecule has 6 heteroatoms. The summed E-state index contributed by atoms with van der Waals surface area (Å²) in [5.41, 5.74) is 8.24. The van der Waals surface area contributed by atoms with Crippen LogP contribution in [0.1, 0.15) is 12.5 Å². The van der Waals surface area contributed by atoms with Crippen LogP contribution in [0.15, 0.2) is 48.5 Å². The van der Waals surface area contributed by atoms with Crippen molar-refractivity contribution in [3.8, 4) is 11.5 Å². The van der Waals surface area contributed by atoms with Crippen LogP contribution in [0.2, 0.25) is 0 Å². The molecule has 24 heavy (non-hydrogen) atoms. The first-order chi connectivity index (χ1) is 11.6. The maximum atomic E-state index is 11.5. The van der Waals surface area contributed by atoms with Crippen molar-refractivity contribution in [3.63, 3.8) is 0 Å². The van der Waals surface area contributed by atoms with Gasteiger partial charge in [0.05, 0.1) is 14.2 Å². The zero-order chi connectivity index (χ0) is 17.4. The van der Waals surface area contributed by atoms with Gasteiger partial charge in [-0.1, -0.05) is 24.3 Å². The zero-order valence-corrected chi connectivity index (χ0v) is 14.0. The van der Waals surface area contributed by atoms with Gasteiger partial charge in [-0.05, 0) is 36.8 Å². The summed E-state index contributed by atoms with van der Waals surface area (Å²) in [5.74, 6) is 0.620. The number of esters is 1. The molecule has 0 spiro atoms. The lowest BCUT2D eigenvalue weighted by atomic mass is 10.2. The smallest absolute Gasteiger partial charge is 0.346 e. The van der Waals surface area contributed by atoms with Gasteiger partial charge in [0, 0.05) is 12.2 Å². The molecule has 2 aromatic carbocycles. The number of carbonyl (C=O) groups is 1. The highest BCUT2D eigenvalue weighted by molar-refractivity contribution is 5.74. The van der Waals surface area contributed by atoms with Crippen LogP contribution in [0.4, 0.5) is 5.69 Å². The van der Waals surface area contributed by atoms with Gasteiger partial charge < -0.3 is 19.6 Å². The van der Waals surface area contributed by atoms with Gasteiger partial charge in [0.2, 0.25) is 0 Å². The van der Waals surface area contributed by atoms with Crippen molar-refractivity contribution in [1.82, 2.24) is 5.43 Å². The van der Waals surface area contributed by atoms with Gasteiger partial charge in [-0.15, -0.1) is 0 Å². The van der Waals surface area contributed by atoms with Crippen molar-refractivity contribution < 1.29 is 19.0 Å². The third kappa shape index (κ3) is 4.89. The Morgan fingerprint density at radius 3 is 2.50 bits per heavy atom. The van der Waals surface area contributed by atoms with Crippen molar-refractivity contribution >= 4 is 11.7 Å². The molecule has 0 radical (unpaired) electrons. The Morgan fingerprint density at radius 1 is 1.08 bits per heavy atom. The van der Waals surface area contributed by atoms with E-state index < -0.39 is 12.1 Å². The second kappa shape index (κ2) is 8.79. The van der Waals surface area contributed by atoms with Crippen molar-refractivity contribution in [2.75, 3.05) is 19.6 Å². The van der Waals surface area contributed by atoms with Gasteiger partial charge in [-0.3, -0.25) is 0 Å². The number of benzene rings is 2. The average molecular weight is 330 g/mol. The molecule has 0 aromatic heterocycles. The lowest BCUT2D eigenvalue weighted by Crippen LogP contribution is -2.25. The SMILES string of the molecule is COC(=O)C(C)Oc1ccc(CNNc2ccccc2)cc1OC. The zero-order valence-electron chi connectivity index (χ0n) is 14.0. The molecule has 2 N–H and O–H groups in total. The largest absolute Gasteiger partial charge is 0.493 e. The number of hydrazine groups is 1. The maximum Gasteiger partial charge on any atom is 0.346 e. The number of rotatable bonds is 8. The van der Waals surface area contributed by atoms with E-state index in [4.69, 9.17) is 9.47 Å². The van der Waals surface area contributed by atoms with Gasteiger partial charge in [0.1, 0.15) is 0 Å². The number of para-hydroxylation sites is 1. The van der Waals surface area contributed by atoms with Crippen LogP contribution in [-0.4, -0.2) is 26.3 Å². The minimum absolute atomic E-state index is 0.435. The molecular weight excluding hydrogens is 308 g/mol. The summed E-state index contributed by atoms with van der Waals surface area (Å²) < 4.78 is 15.6. The molecule has 0 heterocycles. The van der Waals surface area contributed by atoms with E-state index in [1.807, 2.05) is 42.5 Å². The van der Waals surface area contributed by atoms with E-state index in [0.717, 1.165) is 11.3 Å². The fourth-order valence-corrected chi connectivity index (χ4v) is 2.09. The van der Waals surface area contributed by atoms with Crippen molar-refractivity contribution in [2.45, 2.75) is 19.6 Å². The number of methoxy groups -OCH3 is 2. The molecule has 1 atom stereocenters. The molecular formula is C18H22N2O4. The number of hydrogen-bond acceptors (Lipinski definition) is 6. The van der Waals surface area contributed by atoms with Crippen molar-refractivity contribution in [1.29, 1.82) is 0 Å². The highest BCUT2D eigenvalue weighted by atomic mass is 16.6. The summed E-state index contributed by atoms with van der Waals surface area (Å²) in [6.07, 6.45) is -0.701. The number of anilines is 1. The Hall–Kier alpha value is -2.73. The molecule has 0 aliphatic rings. The molecule has 0 amide bonds. The summed E-state index contributed by atoms with van der Waals surface area (Å²) in [6, 6.07) is 15.4. The highest BCUT2D eigenvalue weighted by Crippen LogP contribution is 2.29. The third-order valence-corrected chi connectivity index (χ3v) is 3.36. The molecule has 1 unspecified atom stereocenters. The first-order valence-electron chi connectivity index (χ1n) is 7.59. The first kappa shape index (κ1) is 17.6. The van der Waals surface area contributed by atoms with E-state index in [1.165, 1.54) is 7.11 Å². The normalized spacial score (nSPS) is 11.5. The number of ether oxygens (including phenoxy) is 3. The molecule has 2 aromatic rings. The number of carbonyl (C=O) groups excluding carboxylic acids is 1. The Balaban J connectivity index is 1.96. The van der Waals surface area contributed by atoms with Crippen LogP contribution in [0.3, 0.4) is 0 Å². The van der Waals surface area contributed by atoms with Gasteiger partial charge in [-0.25, -0.2) is 10.2 Å².